The van der Waals surface area contributed by atoms with Crippen molar-refractivity contribution in [3.05, 3.63) is 48.0 Å². The predicted molar refractivity (Wildman–Crippen MR) is 111 cm³/mol. The number of nitrogens with one attached hydrogen (secondary N) is 1. The van der Waals surface area contributed by atoms with Gasteiger partial charge in [0, 0.05) is 63.7 Å². The Bertz CT molecular complexity index is 669. The van der Waals surface area contributed by atoms with E-state index in [1.807, 2.05) is 36.3 Å². The summed E-state index contributed by atoms with van der Waals surface area (Å²) in [6.45, 7) is 5.79. The number of pyridine rings is 1. The first-order valence-electron chi connectivity index (χ1n) is 8.68. The van der Waals surface area contributed by atoms with E-state index in [1.165, 1.54) is 5.56 Å². The van der Waals surface area contributed by atoms with Crippen molar-refractivity contribution in [1.29, 1.82) is 0 Å². The molecule has 25 heavy (non-hydrogen) atoms. The summed E-state index contributed by atoms with van der Waals surface area (Å²) in [6, 6.07) is 6.02. The van der Waals surface area contributed by atoms with Crippen LogP contribution in [0.3, 0.4) is 0 Å². The Morgan fingerprint density at radius 1 is 1.40 bits per heavy atom. The molecule has 1 unspecified atom stereocenters. The molecule has 3 rings (SSSR count). The molecule has 1 saturated heterocycles. The lowest BCUT2D eigenvalue weighted by atomic mass is 10.0. The summed E-state index contributed by atoms with van der Waals surface area (Å²) in [6.07, 6.45) is 7.97. The van der Waals surface area contributed by atoms with Crippen molar-refractivity contribution in [3.8, 4) is 0 Å². The van der Waals surface area contributed by atoms with Gasteiger partial charge in [0.2, 0.25) is 0 Å². The maximum absolute atomic E-state index is 4.79. The van der Waals surface area contributed by atoms with Gasteiger partial charge in [-0.1, -0.05) is 6.07 Å². The van der Waals surface area contributed by atoms with E-state index in [0.717, 1.165) is 50.7 Å². The van der Waals surface area contributed by atoms with Gasteiger partial charge in [0.15, 0.2) is 5.96 Å². The molecule has 1 N–H and O–H groups in total. The Hall–Kier alpha value is -1.64. The number of rotatable bonds is 5. The summed E-state index contributed by atoms with van der Waals surface area (Å²) in [7, 11) is 1.97. The third-order valence-corrected chi connectivity index (χ3v) is 4.37. The maximum Gasteiger partial charge on any atom is 0.193 e. The third kappa shape index (κ3) is 5.42. The second-order valence-electron chi connectivity index (χ2n) is 6.19. The van der Waals surface area contributed by atoms with Gasteiger partial charge >= 0.3 is 0 Å². The Morgan fingerprint density at radius 2 is 2.28 bits per heavy atom. The molecule has 6 nitrogen and oxygen atoms in total. The van der Waals surface area contributed by atoms with E-state index >= 15 is 0 Å². The molecule has 1 atom stereocenters. The highest BCUT2D eigenvalue weighted by molar-refractivity contribution is 14.0. The van der Waals surface area contributed by atoms with Crippen molar-refractivity contribution in [3.63, 3.8) is 0 Å². The Labute approximate surface area is 166 Å². The largest absolute Gasteiger partial charge is 0.357 e. The lowest BCUT2D eigenvalue weighted by molar-refractivity contribution is 0.486. The van der Waals surface area contributed by atoms with Crippen LogP contribution >= 0.6 is 24.0 Å². The molecule has 136 valence electrons. The van der Waals surface area contributed by atoms with Crippen LogP contribution in [-0.4, -0.2) is 51.8 Å². The summed E-state index contributed by atoms with van der Waals surface area (Å²) in [5.74, 6) is 1.55. The topological polar surface area (TPSA) is 58.3 Å². The molecule has 2 aromatic heterocycles. The van der Waals surface area contributed by atoms with Crippen molar-refractivity contribution < 1.29 is 0 Å². The number of aromatic nitrogens is 3. The Balaban J connectivity index is 0.00000225. The van der Waals surface area contributed by atoms with Gasteiger partial charge in [-0.25, -0.2) is 0 Å². The first-order valence-corrected chi connectivity index (χ1v) is 8.68. The molecule has 0 amide bonds. The number of guanidine groups is 1. The average molecular weight is 454 g/mol. The van der Waals surface area contributed by atoms with E-state index in [9.17, 15) is 0 Å². The van der Waals surface area contributed by atoms with Gasteiger partial charge in [0.25, 0.3) is 0 Å². The number of aliphatic imine (C=N–C) groups is 1. The van der Waals surface area contributed by atoms with Gasteiger partial charge in [-0.2, -0.15) is 5.10 Å². The summed E-state index contributed by atoms with van der Waals surface area (Å²) in [5, 5.41) is 7.72. The van der Waals surface area contributed by atoms with Crippen LogP contribution in [0, 0.1) is 0 Å². The molecule has 3 heterocycles. The van der Waals surface area contributed by atoms with Crippen LogP contribution < -0.4 is 5.32 Å². The molecule has 0 bridgehead atoms. The molecule has 0 spiro atoms. The monoisotopic (exact) mass is 454 g/mol. The van der Waals surface area contributed by atoms with E-state index in [0.29, 0.717) is 5.92 Å². The fraction of sp³-hybridized carbons (Fsp3) is 0.500. The molecular weight excluding hydrogens is 427 g/mol. The standard InChI is InChI=1S/C18H26N6.HI/c1-3-19-18(21-10-7-17-6-4-5-9-20-17)24-11-8-15(14-24)16-12-22-23(2)13-16;/h4-6,9,12-13,15H,3,7-8,10-11,14H2,1-2H3,(H,19,21);1H. The van der Waals surface area contributed by atoms with Crippen LogP contribution in [-0.2, 0) is 13.5 Å². The molecule has 7 heteroatoms. The van der Waals surface area contributed by atoms with Crippen molar-refractivity contribution in [2.75, 3.05) is 26.2 Å². The summed E-state index contributed by atoms with van der Waals surface area (Å²) >= 11 is 0. The van der Waals surface area contributed by atoms with Crippen molar-refractivity contribution >= 4 is 29.9 Å². The number of hydrogen-bond acceptors (Lipinski definition) is 3. The van der Waals surface area contributed by atoms with Crippen molar-refractivity contribution in [2.45, 2.75) is 25.7 Å². The first kappa shape index (κ1) is 19.7. The predicted octanol–water partition coefficient (Wildman–Crippen LogP) is 2.43. The molecule has 0 aliphatic carbocycles. The second kappa shape index (κ2) is 9.74. The van der Waals surface area contributed by atoms with E-state index in [4.69, 9.17) is 4.99 Å². The number of hydrogen-bond donors (Lipinski definition) is 1. The first-order chi connectivity index (χ1) is 11.8. The van der Waals surface area contributed by atoms with Gasteiger partial charge in [-0.05, 0) is 31.0 Å². The number of nitrogens with zero attached hydrogens (tertiary/aromatic N) is 5. The second-order valence-corrected chi connectivity index (χ2v) is 6.19. The van der Waals surface area contributed by atoms with Crippen LogP contribution in [0.4, 0.5) is 0 Å². The normalized spacial score (nSPS) is 17.4. The quantitative estimate of drug-likeness (QED) is 0.429. The lowest BCUT2D eigenvalue weighted by Crippen LogP contribution is -2.40. The number of likely N-dealkylation sites (tertiary alicyclic amines) is 1. The van der Waals surface area contributed by atoms with Crippen LogP contribution in [0.25, 0.3) is 0 Å². The van der Waals surface area contributed by atoms with Crippen LogP contribution in [0.15, 0.2) is 41.8 Å². The Morgan fingerprint density at radius 3 is 2.96 bits per heavy atom. The summed E-state index contributed by atoms with van der Waals surface area (Å²) in [4.78, 5) is 11.5. The zero-order chi connectivity index (χ0) is 16.8. The van der Waals surface area contributed by atoms with Gasteiger partial charge in [0.05, 0.1) is 6.20 Å². The average Bonchev–Trinajstić information content (AvgIpc) is 3.24. The number of halogens is 1. The minimum atomic E-state index is 0. The highest BCUT2D eigenvalue weighted by atomic mass is 127. The zero-order valence-corrected chi connectivity index (χ0v) is 17.3. The highest BCUT2D eigenvalue weighted by Crippen LogP contribution is 2.26. The summed E-state index contributed by atoms with van der Waals surface area (Å²) < 4.78 is 1.88. The fourth-order valence-electron chi connectivity index (χ4n) is 3.12. The molecular formula is C18H27IN6. The molecule has 0 radical (unpaired) electrons. The smallest absolute Gasteiger partial charge is 0.193 e. The zero-order valence-electron chi connectivity index (χ0n) is 14.9. The van der Waals surface area contributed by atoms with Gasteiger partial charge in [-0.3, -0.25) is 14.7 Å². The molecule has 1 aliphatic heterocycles. The minimum Gasteiger partial charge on any atom is -0.357 e. The summed E-state index contributed by atoms with van der Waals surface area (Å²) in [5.41, 5.74) is 2.41. The van der Waals surface area contributed by atoms with Gasteiger partial charge in [-0.15, -0.1) is 24.0 Å². The van der Waals surface area contributed by atoms with Crippen LogP contribution in [0.2, 0.25) is 0 Å². The van der Waals surface area contributed by atoms with E-state index in [2.05, 4.69) is 39.5 Å². The SMILES string of the molecule is CCNC(=NCCc1ccccn1)N1CCC(c2cnn(C)c2)C1.I. The van der Waals surface area contributed by atoms with E-state index < -0.39 is 0 Å². The van der Waals surface area contributed by atoms with Gasteiger partial charge < -0.3 is 10.2 Å². The molecule has 1 fully saturated rings. The number of aryl methyl sites for hydroxylation is 1. The molecule has 2 aromatic rings. The van der Waals surface area contributed by atoms with Crippen LogP contribution in [0.5, 0.6) is 0 Å². The maximum atomic E-state index is 4.79. The van der Waals surface area contributed by atoms with E-state index in [1.54, 1.807) is 0 Å². The highest BCUT2D eigenvalue weighted by Gasteiger charge is 2.26. The fourth-order valence-corrected chi connectivity index (χ4v) is 3.12. The minimum absolute atomic E-state index is 0. The molecule has 0 aromatic carbocycles. The van der Waals surface area contributed by atoms with Gasteiger partial charge in [0.1, 0.15) is 0 Å². The Kier molecular flexibility index (Phi) is 7.67. The lowest BCUT2D eigenvalue weighted by Gasteiger charge is -2.21. The molecule has 1 aliphatic rings. The van der Waals surface area contributed by atoms with Crippen LogP contribution in [0.1, 0.15) is 30.5 Å². The molecule has 0 saturated carbocycles. The third-order valence-electron chi connectivity index (χ3n) is 4.37. The van der Waals surface area contributed by atoms with Crippen molar-refractivity contribution in [1.82, 2.24) is 25.0 Å². The van der Waals surface area contributed by atoms with Crippen molar-refractivity contribution in [2.24, 2.45) is 12.0 Å². The van der Waals surface area contributed by atoms with E-state index in [-0.39, 0.29) is 24.0 Å².